The van der Waals surface area contributed by atoms with Gasteiger partial charge in [0.2, 0.25) is 5.88 Å². The number of carbonyl (C=O) groups excluding carboxylic acids is 1. The highest BCUT2D eigenvalue weighted by Crippen LogP contribution is 2.44. The van der Waals surface area contributed by atoms with Gasteiger partial charge in [0.1, 0.15) is 12.1 Å². The molecule has 0 radical (unpaired) electrons. The van der Waals surface area contributed by atoms with E-state index in [0.717, 1.165) is 40.8 Å². The number of benzene rings is 1. The highest BCUT2D eigenvalue weighted by molar-refractivity contribution is 7.18. The maximum Gasteiger partial charge on any atom is 0.258 e. The second-order valence-corrected chi connectivity index (χ2v) is 9.11. The molecular formula is C24H21N7O2S. The lowest BCUT2D eigenvalue weighted by Gasteiger charge is -2.08. The van der Waals surface area contributed by atoms with Gasteiger partial charge in [-0.05, 0) is 31.0 Å². The molecule has 1 amide bonds. The third kappa shape index (κ3) is 3.52. The molecule has 1 fully saturated rings. The fraction of sp³-hybridized carbons (Fsp3) is 0.208. The Balaban J connectivity index is 1.39. The van der Waals surface area contributed by atoms with Crippen LogP contribution >= 0.6 is 11.3 Å². The van der Waals surface area contributed by atoms with Crippen LogP contribution in [0.4, 0.5) is 11.5 Å². The van der Waals surface area contributed by atoms with Crippen LogP contribution in [0, 0.1) is 0 Å². The lowest BCUT2D eigenvalue weighted by Crippen LogP contribution is -2.12. The summed E-state index contributed by atoms with van der Waals surface area (Å²) in [5.74, 6) is 1.10. The summed E-state index contributed by atoms with van der Waals surface area (Å²) in [5, 5.41) is 10.8. The van der Waals surface area contributed by atoms with Gasteiger partial charge < -0.3 is 15.8 Å². The van der Waals surface area contributed by atoms with Crippen LogP contribution in [0.15, 0.2) is 48.1 Å². The van der Waals surface area contributed by atoms with Crippen molar-refractivity contribution < 1.29 is 9.53 Å². The van der Waals surface area contributed by atoms with E-state index < -0.39 is 0 Å². The quantitative estimate of drug-likeness (QED) is 0.381. The van der Waals surface area contributed by atoms with E-state index in [1.807, 2.05) is 41.1 Å². The molecule has 5 aromatic rings. The van der Waals surface area contributed by atoms with Gasteiger partial charge in [0, 0.05) is 22.8 Å². The molecule has 1 aliphatic rings. The Morgan fingerprint density at radius 3 is 2.91 bits per heavy atom. The molecule has 1 aromatic carbocycles. The van der Waals surface area contributed by atoms with E-state index in [0.29, 0.717) is 39.9 Å². The number of aromatic nitrogens is 5. The van der Waals surface area contributed by atoms with Gasteiger partial charge in [-0.2, -0.15) is 5.10 Å². The smallest absolute Gasteiger partial charge is 0.258 e. The maximum atomic E-state index is 13.3. The summed E-state index contributed by atoms with van der Waals surface area (Å²) in [6.45, 7) is 0.503. The monoisotopic (exact) mass is 471 g/mol. The third-order valence-electron chi connectivity index (χ3n) is 5.95. The Bertz CT molecular complexity index is 1550. The highest BCUT2D eigenvalue weighted by Gasteiger charge is 2.31. The van der Waals surface area contributed by atoms with E-state index in [2.05, 4.69) is 20.3 Å². The number of nitrogens with one attached hydrogen (secondary N) is 1. The van der Waals surface area contributed by atoms with Gasteiger partial charge >= 0.3 is 0 Å². The summed E-state index contributed by atoms with van der Waals surface area (Å²) < 4.78 is 7.93. The largest absolute Gasteiger partial charge is 0.481 e. The van der Waals surface area contributed by atoms with Gasteiger partial charge in [0.05, 0.1) is 52.0 Å². The molecule has 1 saturated carbocycles. The predicted octanol–water partition coefficient (Wildman–Crippen LogP) is 4.20. The van der Waals surface area contributed by atoms with E-state index in [4.69, 9.17) is 15.6 Å². The number of nitrogen functional groups attached to an aromatic ring is 1. The Hall–Kier alpha value is -4.05. The minimum absolute atomic E-state index is 0.235. The van der Waals surface area contributed by atoms with E-state index in [1.54, 1.807) is 12.5 Å². The molecule has 9 nitrogen and oxygen atoms in total. The molecule has 0 spiro atoms. The Morgan fingerprint density at radius 1 is 1.24 bits per heavy atom. The molecule has 3 N–H and O–H groups in total. The van der Waals surface area contributed by atoms with Crippen molar-refractivity contribution in [1.29, 1.82) is 0 Å². The standard InChI is InChI=1S/C24H21N7O2S/c1-33-18-7-2-4-14(28-18)10-31-17-6-3-5-16(19(17)20(30-31)13-8-9-13)29-24(32)15-11-34-22-21(15)26-12-27-23(22)25/h2-7,11-13H,8-10H2,1H3,(H,29,32)(H2,25,26,27). The molecule has 0 atom stereocenters. The van der Waals surface area contributed by atoms with Gasteiger partial charge in [-0.25, -0.2) is 15.0 Å². The maximum absolute atomic E-state index is 13.3. The molecule has 10 heteroatoms. The molecule has 170 valence electrons. The van der Waals surface area contributed by atoms with Crippen LogP contribution in [0.5, 0.6) is 5.88 Å². The lowest BCUT2D eigenvalue weighted by atomic mass is 10.1. The average Bonchev–Trinajstić information content (AvgIpc) is 3.49. The Labute approximate surface area is 198 Å². The number of anilines is 2. The lowest BCUT2D eigenvalue weighted by molar-refractivity contribution is 0.102. The second-order valence-electron chi connectivity index (χ2n) is 8.23. The van der Waals surface area contributed by atoms with Gasteiger partial charge in [-0.3, -0.25) is 9.48 Å². The molecule has 0 unspecified atom stereocenters. The van der Waals surface area contributed by atoms with E-state index in [9.17, 15) is 4.79 Å². The molecule has 0 bridgehead atoms. The summed E-state index contributed by atoms with van der Waals surface area (Å²) in [7, 11) is 1.60. The van der Waals surface area contributed by atoms with Gasteiger partial charge in [0.15, 0.2) is 0 Å². The number of fused-ring (bicyclic) bond motifs is 2. The molecule has 0 aliphatic heterocycles. The summed E-state index contributed by atoms with van der Waals surface area (Å²) in [6, 6.07) is 11.6. The summed E-state index contributed by atoms with van der Waals surface area (Å²) in [6.07, 6.45) is 3.57. The van der Waals surface area contributed by atoms with Crippen LogP contribution in [0.2, 0.25) is 0 Å². The van der Waals surface area contributed by atoms with E-state index in [-0.39, 0.29) is 5.91 Å². The normalized spacial score (nSPS) is 13.4. The first-order chi connectivity index (χ1) is 16.6. The van der Waals surface area contributed by atoms with Crippen molar-refractivity contribution >= 4 is 49.9 Å². The molecule has 34 heavy (non-hydrogen) atoms. The van der Waals surface area contributed by atoms with Crippen LogP contribution in [-0.4, -0.2) is 37.7 Å². The van der Waals surface area contributed by atoms with Crippen LogP contribution in [0.3, 0.4) is 0 Å². The van der Waals surface area contributed by atoms with Crippen LogP contribution in [0.25, 0.3) is 21.1 Å². The number of nitrogens with two attached hydrogens (primary N) is 1. The SMILES string of the molecule is COc1cccc(Cn2nc(C3CC3)c3c(NC(=O)c4csc5c(N)ncnc45)cccc32)n1. The number of hydrogen-bond acceptors (Lipinski definition) is 8. The summed E-state index contributed by atoms with van der Waals surface area (Å²) >= 11 is 1.36. The fourth-order valence-electron chi connectivity index (χ4n) is 4.16. The van der Waals surface area contributed by atoms with E-state index in [1.165, 1.54) is 17.7 Å². The van der Waals surface area contributed by atoms with Crippen molar-refractivity contribution in [3.8, 4) is 5.88 Å². The zero-order valence-electron chi connectivity index (χ0n) is 18.4. The first kappa shape index (κ1) is 20.5. The molecular weight excluding hydrogens is 450 g/mol. The fourth-order valence-corrected chi connectivity index (χ4v) is 5.06. The second kappa shape index (κ2) is 8.07. The number of nitrogens with zero attached hydrogens (tertiary/aromatic N) is 5. The van der Waals surface area contributed by atoms with Crippen molar-refractivity contribution in [3.05, 3.63) is 65.1 Å². The number of methoxy groups -OCH3 is 1. The molecule has 6 rings (SSSR count). The van der Waals surface area contributed by atoms with E-state index >= 15 is 0 Å². The first-order valence-electron chi connectivity index (χ1n) is 10.9. The van der Waals surface area contributed by atoms with Crippen LogP contribution in [-0.2, 0) is 6.54 Å². The van der Waals surface area contributed by atoms with Crippen molar-refractivity contribution in [1.82, 2.24) is 24.7 Å². The van der Waals surface area contributed by atoms with Crippen LogP contribution < -0.4 is 15.8 Å². The third-order valence-corrected chi connectivity index (χ3v) is 6.94. The highest BCUT2D eigenvalue weighted by atomic mass is 32.1. The van der Waals surface area contributed by atoms with Crippen molar-refractivity contribution in [3.63, 3.8) is 0 Å². The molecule has 1 aliphatic carbocycles. The topological polar surface area (TPSA) is 121 Å². The number of hydrogen-bond donors (Lipinski definition) is 2. The Morgan fingerprint density at radius 2 is 2.09 bits per heavy atom. The van der Waals surface area contributed by atoms with Gasteiger partial charge in [-0.1, -0.05) is 12.1 Å². The minimum atomic E-state index is -0.235. The number of amides is 1. The predicted molar refractivity (Wildman–Crippen MR) is 131 cm³/mol. The summed E-state index contributed by atoms with van der Waals surface area (Å²) in [5.41, 5.74) is 10.5. The Kier molecular flexibility index (Phi) is 4.88. The van der Waals surface area contributed by atoms with Gasteiger partial charge in [-0.15, -0.1) is 11.3 Å². The number of ether oxygens (including phenoxy) is 1. The van der Waals surface area contributed by atoms with Crippen LogP contribution in [0.1, 0.15) is 40.5 Å². The zero-order chi connectivity index (χ0) is 23.2. The number of carbonyl (C=O) groups is 1. The number of thiophene rings is 1. The van der Waals surface area contributed by atoms with Crippen molar-refractivity contribution in [2.45, 2.75) is 25.3 Å². The first-order valence-corrected chi connectivity index (χ1v) is 11.8. The van der Waals surface area contributed by atoms with Gasteiger partial charge in [0.25, 0.3) is 5.91 Å². The molecule has 4 heterocycles. The molecule has 0 saturated heterocycles. The summed E-state index contributed by atoms with van der Waals surface area (Å²) in [4.78, 5) is 26.1. The average molecular weight is 472 g/mol. The molecule has 4 aromatic heterocycles. The number of pyridine rings is 1. The van der Waals surface area contributed by atoms with Crippen molar-refractivity contribution in [2.24, 2.45) is 0 Å². The number of rotatable bonds is 6. The minimum Gasteiger partial charge on any atom is -0.481 e. The van der Waals surface area contributed by atoms with Crippen molar-refractivity contribution in [2.75, 3.05) is 18.2 Å². The zero-order valence-corrected chi connectivity index (χ0v) is 19.2.